The second-order valence-corrected chi connectivity index (χ2v) is 10.0. The molecule has 1 heterocycles. The summed E-state index contributed by atoms with van der Waals surface area (Å²) < 4.78 is 102. The summed E-state index contributed by atoms with van der Waals surface area (Å²) in [6.07, 6.45) is -6.53. The highest BCUT2D eigenvalue weighted by Gasteiger charge is 2.34. The molecule has 0 bridgehead atoms. The highest BCUT2D eigenvalue weighted by molar-refractivity contribution is 7.91. The van der Waals surface area contributed by atoms with E-state index >= 15 is 0 Å². The van der Waals surface area contributed by atoms with Crippen molar-refractivity contribution in [1.82, 2.24) is 15.1 Å². The van der Waals surface area contributed by atoms with Gasteiger partial charge in [-0.05, 0) is 55.9 Å². The van der Waals surface area contributed by atoms with E-state index in [-0.39, 0.29) is 23.4 Å². The Labute approximate surface area is 185 Å². The van der Waals surface area contributed by atoms with Crippen LogP contribution in [-0.4, -0.2) is 42.1 Å². The number of aromatic nitrogens is 2. The first-order valence-electron chi connectivity index (χ1n) is 10.0. The van der Waals surface area contributed by atoms with Crippen LogP contribution in [0.15, 0.2) is 41.4 Å². The van der Waals surface area contributed by atoms with Crippen molar-refractivity contribution in [2.24, 2.45) is 5.92 Å². The number of rotatable bonds is 6. The molecule has 33 heavy (non-hydrogen) atoms. The van der Waals surface area contributed by atoms with Crippen LogP contribution in [0.25, 0.3) is 0 Å². The molecule has 0 aliphatic heterocycles. The summed E-state index contributed by atoms with van der Waals surface area (Å²) in [5, 5.41) is 6.16. The largest absolute Gasteiger partial charge is 0.416 e. The number of sulfone groups is 1. The van der Waals surface area contributed by atoms with Crippen LogP contribution in [0.3, 0.4) is 0 Å². The molecule has 182 valence electrons. The van der Waals surface area contributed by atoms with Gasteiger partial charge in [-0.25, -0.2) is 8.42 Å². The molecule has 0 saturated heterocycles. The summed E-state index contributed by atoms with van der Waals surface area (Å²) in [5.41, 5.74) is -1.28. The molecular formula is C20H21F6N3O3S. The molecule has 1 saturated carbocycles. The predicted molar refractivity (Wildman–Crippen MR) is 105 cm³/mol. The van der Waals surface area contributed by atoms with Crippen molar-refractivity contribution in [3.05, 3.63) is 47.8 Å². The quantitative estimate of drug-likeness (QED) is 0.606. The Bertz CT molecular complexity index is 1090. The summed E-state index contributed by atoms with van der Waals surface area (Å²) in [6, 6.07) is 4.40. The molecule has 0 unspecified atom stereocenters. The number of nitrogens with zero attached hydrogens (tertiary/aromatic N) is 2. The van der Waals surface area contributed by atoms with Gasteiger partial charge in [0.1, 0.15) is 12.2 Å². The van der Waals surface area contributed by atoms with Crippen molar-refractivity contribution in [1.29, 1.82) is 0 Å². The van der Waals surface area contributed by atoms with E-state index in [1.807, 2.05) is 0 Å². The zero-order valence-corrected chi connectivity index (χ0v) is 18.0. The van der Waals surface area contributed by atoms with E-state index in [0.717, 1.165) is 24.4 Å². The molecule has 13 heteroatoms. The average Bonchev–Trinajstić information content (AvgIpc) is 3.15. The van der Waals surface area contributed by atoms with Gasteiger partial charge in [0.25, 0.3) is 5.91 Å². The molecule has 0 radical (unpaired) electrons. The van der Waals surface area contributed by atoms with Crippen molar-refractivity contribution in [3.63, 3.8) is 0 Å². The molecule has 1 aliphatic rings. The summed E-state index contributed by atoms with van der Waals surface area (Å²) in [5.74, 6) is -1.35. The average molecular weight is 497 g/mol. The minimum Gasteiger partial charge on any atom is -0.348 e. The monoisotopic (exact) mass is 497 g/mol. The third kappa shape index (κ3) is 6.71. The van der Waals surface area contributed by atoms with Crippen LogP contribution in [0.5, 0.6) is 0 Å². The lowest BCUT2D eigenvalue weighted by atomic mass is 9.87. The zero-order chi connectivity index (χ0) is 24.4. The second-order valence-electron chi connectivity index (χ2n) is 7.99. The summed E-state index contributed by atoms with van der Waals surface area (Å²) >= 11 is 0. The Hall–Kier alpha value is -2.57. The number of alkyl halides is 6. The van der Waals surface area contributed by atoms with Gasteiger partial charge in [-0.3, -0.25) is 9.48 Å². The van der Waals surface area contributed by atoms with E-state index in [1.165, 1.54) is 6.07 Å². The third-order valence-electron chi connectivity index (χ3n) is 5.44. The highest BCUT2D eigenvalue weighted by Crippen LogP contribution is 2.32. The number of hydrogen-bond acceptors (Lipinski definition) is 4. The van der Waals surface area contributed by atoms with E-state index in [4.69, 9.17) is 0 Å². The molecule has 6 nitrogen and oxygen atoms in total. The smallest absolute Gasteiger partial charge is 0.348 e. The minimum atomic E-state index is -4.66. The summed E-state index contributed by atoms with van der Waals surface area (Å²) in [6.45, 7) is -1.40. The van der Waals surface area contributed by atoms with E-state index in [0.29, 0.717) is 36.4 Å². The molecule has 2 aromatic rings. The molecule has 1 aromatic carbocycles. The molecule has 1 N–H and O–H groups in total. The van der Waals surface area contributed by atoms with E-state index in [2.05, 4.69) is 10.4 Å². The van der Waals surface area contributed by atoms with Crippen LogP contribution >= 0.6 is 0 Å². The number of halogens is 6. The SMILES string of the molecule is O=C(N[C@H]1CC[C@H](CS(=O)(=O)c2cccc(C(F)(F)F)c2)CC1)c1ccnn1CC(F)(F)F. The van der Waals surface area contributed by atoms with Crippen LogP contribution in [0.2, 0.25) is 0 Å². The number of carbonyl (C=O) groups excluding carboxylic acids is 1. The van der Waals surface area contributed by atoms with Gasteiger partial charge < -0.3 is 5.32 Å². The van der Waals surface area contributed by atoms with Gasteiger partial charge in [-0.1, -0.05) is 6.07 Å². The van der Waals surface area contributed by atoms with Crippen molar-refractivity contribution in [2.75, 3.05) is 5.75 Å². The normalized spacial score (nSPS) is 19.9. The van der Waals surface area contributed by atoms with Gasteiger partial charge in [0.05, 0.1) is 16.2 Å². The Morgan fingerprint density at radius 3 is 2.33 bits per heavy atom. The molecule has 1 amide bonds. The molecular weight excluding hydrogens is 476 g/mol. The van der Waals surface area contributed by atoms with Crippen molar-refractivity contribution < 1.29 is 39.6 Å². The molecule has 1 aliphatic carbocycles. The standard InChI is InChI=1S/C20H21F6N3O3S/c21-19(22,23)12-29-17(8-9-27-29)18(30)28-15-6-4-13(5-7-15)11-33(31,32)16-3-1-2-14(10-16)20(24,25)26/h1-3,8-10,13,15H,4-7,11-12H2,(H,28,30)/t13-,15-. The summed E-state index contributed by atoms with van der Waals surface area (Å²) in [4.78, 5) is 12.0. The van der Waals surface area contributed by atoms with E-state index in [9.17, 15) is 39.6 Å². The molecule has 1 aromatic heterocycles. The van der Waals surface area contributed by atoms with E-state index in [1.54, 1.807) is 0 Å². The predicted octanol–water partition coefficient (Wildman–Crippen LogP) is 4.23. The van der Waals surface area contributed by atoms with Crippen molar-refractivity contribution >= 4 is 15.7 Å². The fourth-order valence-corrected chi connectivity index (χ4v) is 5.57. The van der Waals surface area contributed by atoms with Gasteiger partial charge in [-0.15, -0.1) is 0 Å². The second kappa shape index (κ2) is 9.35. The summed E-state index contributed by atoms with van der Waals surface area (Å²) in [7, 11) is -3.95. The number of benzene rings is 1. The zero-order valence-electron chi connectivity index (χ0n) is 17.2. The van der Waals surface area contributed by atoms with Crippen LogP contribution in [0.1, 0.15) is 41.7 Å². The van der Waals surface area contributed by atoms with Gasteiger partial charge in [0, 0.05) is 12.2 Å². The topological polar surface area (TPSA) is 81.1 Å². The molecule has 1 fully saturated rings. The van der Waals surface area contributed by atoms with Gasteiger partial charge in [0.15, 0.2) is 9.84 Å². The van der Waals surface area contributed by atoms with Gasteiger partial charge in [0.2, 0.25) is 0 Å². The van der Waals surface area contributed by atoms with Crippen LogP contribution in [0.4, 0.5) is 26.3 Å². The Balaban J connectivity index is 1.56. The molecule has 3 rings (SSSR count). The Kier molecular flexibility index (Phi) is 7.10. The lowest BCUT2D eigenvalue weighted by molar-refractivity contribution is -0.142. The Morgan fingerprint density at radius 1 is 1.06 bits per heavy atom. The maximum atomic E-state index is 12.9. The van der Waals surface area contributed by atoms with E-state index < -0.39 is 45.1 Å². The fraction of sp³-hybridized carbons (Fsp3) is 0.500. The maximum absolute atomic E-state index is 12.9. The number of nitrogens with one attached hydrogen (secondary N) is 1. The number of hydrogen-bond donors (Lipinski definition) is 1. The molecule has 0 atom stereocenters. The fourth-order valence-electron chi connectivity index (χ4n) is 3.83. The van der Waals surface area contributed by atoms with Crippen molar-refractivity contribution in [3.8, 4) is 0 Å². The first-order valence-corrected chi connectivity index (χ1v) is 11.7. The Morgan fingerprint density at radius 2 is 1.73 bits per heavy atom. The first-order chi connectivity index (χ1) is 15.2. The van der Waals surface area contributed by atoms with Gasteiger partial charge >= 0.3 is 12.4 Å². The number of carbonyl (C=O) groups is 1. The highest BCUT2D eigenvalue weighted by atomic mass is 32.2. The number of amides is 1. The van der Waals surface area contributed by atoms with Gasteiger partial charge in [-0.2, -0.15) is 31.4 Å². The van der Waals surface area contributed by atoms with Crippen LogP contribution < -0.4 is 5.32 Å². The third-order valence-corrected chi connectivity index (χ3v) is 7.32. The molecule has 0 spiro atoms. The lowest BCUT2D eigenvalue weighted by Crippen LogP contribution is -2.39. The van der Waals surface area contributed by atoms with Crippen molar-refractivity contribution in [2.45, 2.75) is 55.5 Å². The lowest BCUT2D eigenvalue weighted by Gasteiger charge is -2.29. The maximum Gasteiger partial charge on any atom is 0.416 e. The van der Waals surface area contributed by atoms with Crippen LogP contribution in [-0.2, 0) is 22.6 Å². The minimum absolute atomic E-state index is 0.235. The van der Waals surface area contributed by atoms with Crippen LogP contribution in [0, 0.1) is 5.92 Å². The first kappa shape index (κ1) is 25.1.